The van der Waals surface area contributed by atoms with Crippen LogP contribution < -0.4 is 0 Å². The SMILES string of the molecule is Cc1cc2c(n1CCCN(C)C(C)C)CC(C)(C)CC2=O. The lowest BCUT2D eigenvalue weighted by molar-refractivity contribution is 0.0910. The molecule has 21 heavy (non-hydrogen) atoms. The summed E-state index contributed by atoms with van der Waals surface area (Å²) < 4.78 is 2.38. The van der Waals surface area contributed by atoms with Gasteiger partial charge in [-0.05, 0) is 58.7 Å². The molecule has 0 atom stereocenters. The van der Waals surface area contributed by atoms with E-state index in [2.05, 4.69) is 57.2 Å². The highest BCUT2D eigenvalue weighted by molar-refractivity contribution is 5.99. The molecule has 1 aliphatic rings. The summed E-state index contributed by atoms with van der Waals surface area (Å²) >= 11 is 0. The number of Topliss-reactive ketones (excluding diaryl/α,β-unsaturated/α-hetero) is 1. The van der Waals surface area contributed by atoms with Gasteiger partial charge in [0.05, 0.1) is 0 Å². The Kier molecular flexibility index (Phi) is 4.62. The number of nitrogens with zero attached hydrogens (tertiary/aromatic N) is 2. The van der Waals surface area contributed by atoms with Crippen molar-refractivity contribution >= 4 is 5.78 Å². The van der Waals surface area contributed by atoms with Crippen LogP contribution in [0.15, 0.2) is 6.07 Å². The Labute approximate surface area is 129 Å². The smallest absolute Gasteiger partial charge is 0.165 e. The van der Waals surface area contributed by atoms with Crippen molar-refractivity contribution in [3.8, 4) is 0 Å². The molecule has 118 valence electrons. The molecular weight excluding hydrogens is 260 g/mol. The molecule has 0 aliphatic heterocycles. The fourth-order valence-electron chi connectivity index (χ4n) is 3.25. The molecule has 1 aliphatic carbocycles. The fourth-order valence-corrected chi connectivity index (χ4v) is 3.25. The monoisotopic (exact) mass is 290 g/mol. The predicted octanol–water partition coefficient (Wildman–Crippen LogP) is 3.68. The zero-order valence-electron chi connectivity index (χ0n) is 14.5. The second kappa shape index (κ2) is 5.96. The molecule has 2 rings (SSSR count). The third kappa shape index (κ3) is 3.57. The zero-order valence-corrected chi connectivity index (χ0v) is 14.5. The number of fused-ring (bicyclic) bond motifs is 1. The van der Waals surface area contributed by atoms with Crippen LogP contribution in [0.4, 0.5) is 0 Å². The third-order valence-corrected chi connectivity index (χ3v) is 4.78. The molecule has 0 fully saturated rings. The van der Waals surface area contributed by atoms with Gasteiger partial charge in [-0.3, -0.25) is 4.79 Å². The lowest BCUT2D eigenvalue weighted by atomic mass is 9.76. The standard InChI is InChI=1S/C18H30N2O/c1-13(2)19(6)8-7-9-20-14(3)10-15-16(20)11-18(4,5)12-17(15)21/h10,13H,7-9,11-12H2,1-6H3. The van der Waals surface area contributed by atoms with Crippen molar-refractivity contribution in [1.82, 2.24) is 9.47 Å². The minimum atomic E-state index is 0.0986. The molecule has 0 amide bonds. The Morgan fingerprint density at radius 3 is 2.62 bits per heavy atom. The summed E-state index contributed by atoms with van der Waals surface area (Å²) in [5, 5.41) is 0. The van der Waals surface area contributed by atoms with Crippen LogP contribution in [0.3, 0.4) is 0 Å². The van der Waals surface area contributed by atoms with Gasteiger partial charge in [-0.15, -0.1) is 0 Å². The van der Waals surface area contributed by atoms with Gasteiger partial charge in [0.1, 0.15) is 0 Å². The van der Waals surface area contributed by atoms with Crippen LogP contribution in [0.1, 0.15) is 62.3 Å². The summed E-state index contributed by atoms with van der Waals surface area (Å²) in [7, 11) is 2.18. The van der Waals surface area contributed by atoms with Crippen LogP contribution in [-0.2, 0) is 13.0 Å². The number of hydrogen-bond acceptors (Lipinski definition) is 2. The molecule has 0 saturated heterocycles. The first-order chi connectivity index (χ1) is 9.71. The zero-order chi connectivity index (χ0) is 15.8. The van der Waals surface area contributed by atoms with E-state index in [9.17, 15) is 4.79 Å². The highest BCUT2D eigenvalue weighted by atomic mass is 16.1. The van der Waals surface area contributed by atoms with Gasteiger partial charge in [0.25, 0.3) is 0 Å². The minimum Gasteiger partial charge on any atom is -0.348 e. The molecule has 1 heterocycles. The number of carbonyl (C=O) groups excluding carboxylic acids is 1. The van der Waals surface area contributed by atoms with Gasteiger partial charge in [-0.25, -0.2) is 0 Å². The maximum Gasteiger partial charge on any atom is 0.165 e. The largest absolute Gasteiger partial charge is 0.348 e. The average molecular weight is 290 g/mol. The molecule has 1 aromatic heterocycles. The lowest BCUT2D eigenvalue weighted by Gasteiger charge is -2.30. The second-order valence-corrected chi connectivity index (χ2v) is 7.67. The molecule has 1 aromatic rings. The van der Waals surface area contributed by atoms with Gasteiger partial charge < -0.3 is 9.47 Å². The van der Waals surface area contributed by atoms with E-state index in [0.717, 1.165) is 31.5 Å². The van der Waals surface area contributed by atoms with E-state index in [1.165, 1.54) is 11.4 Å². The first-order valence-corrected chi connectivity index (χ1v) is 8.14. The van der Waals surface area contributed by atoms with Crippen molar-refractivity contribution in [2.75, 3.05) is 13.6 Å². The summed E-state index contributed by atoms with van der Waals surface area (Å²) in [6.45, 7) is 13.1. The number of aromatic nitrogens is 1. The van der Waals surface area contributed by atoms with Gasteiger partial charge >= 0.3 is 0 Å². The molecule has 3 heteroatoms. The quantitative estimate of drug-likeness (QED) is 0.826. The van der Waals surface area contributed by atoms with Crippen LogP contribution in [0, 0.1) is 12.3 Å². The molecule has 3 nitrogen and oxygen atoms in total. The van der Waals surface area contributed by atoms with Crippen LogP contribution >= 0.6 is 0 Å². The highest BCUT2D eigenvalue weighted by Gasteiger charge is 2.33. The van der Waals surface area contributed by atoms with Crippen LogP contribution in [0.5, 0.6) is 0 Å². The minimum absolute atomic E-state index is 0.0986. The second-order valence-electron chi connectivity index (χ2n) is 7.67. The first kappa shape index (κ1) is 16.3. The van der Waals surface area contributed by atoms with Crippen molar-refractivity contribution in [1.29, 1.82) is 0 Å². The molecule has 0 aromatic carbocycles. The molecule has 0 radical (unpaired) electrons. The molecule has 0 unspecified atom stereocenters. The maximum absolute atomic E-state index is 12.3. The van der Waals surface area contributed by atoms with Crippen molar-refractivity contribution in [3.63, 3.8) is 0 Å². The van der Waals surface area contributed by atoms with Crippen molar-refractivity contribution in [2.45, 2.75) is 66.5 Å². The Bertz CT molecular complexity index is 526. The fraction of sp³-hybridized carbons (Fsp3) is 0.722. The summed E-state index contributed by atoms with van der Waals surface area (Å²) in [6.07, 6.45) is 2.83. The van der Waals surface area contributed by atoms with E-state index in [1.807, 2.05) is 0 Å². The normalized spacial score (nSPS) is 17.6. The molecule has 0 bridgehead atoms. The summed E-state index contributed by atoms with van der Waals surface area (Å²) in [5.41, 5.74) is 3.57. The van der Waals surface area contributed by atoms with Gasteiger partial charge in [0.15, 0.2) is 5.78 Å². The van der Waals surface area contributed by atoms with E-state index in [4.69, 9.17) is 0 Å². The average Bonchev–Trinajstić information content (AvgIpc) is 2.65. The summed E-state index contributed by atoms with van der Waals surface area (Å²) in [5.74, 6) is 0.322. The van der Waals surface area contributed by atoms with Crippen LogP contribution in [0.2, 0.25) is 0 Å². The van der Waals surface area contributed by atoms with Gasteiger partial charge in [0.2, 0.25) is 0 Å². The summed E-state index contributed by atoms with van der Waals surface area (Å²) in [6, 6.07) is 2.68. The Hall–Kier alpha value is -1.09. The number of carbonyl (C=O) groups is 1. The van der Waals surface area contributed by atoms with Gasteiger partial charge in [-0.1, -0.05) is 13.8 Å². The van der Waals surface area contributed by atoms with E-state index >= 15 is 0 Å². The lowest BCUT2D eigenvalue weighted by Crippen LogP contribution is -2.29. The number of ketones is 1. The van der Waals surface area contributed by atoms with Crippen molar-refractivity contribution in [3.05, 3.63) is 23.0 Å². The van der Waals surface area contributed by atoms with Crippen LogP contribution in [0.25, 0.3) is 0 Å². The first-order valence-electron chi connectivity index (χ1n) is 8.14. The highest BCUT2D eigenvalue weighted by Crippen LogP contribution is 2.36. The predicted molar refractivity (Wildman–Crippen MR) is 88.0 cm³/mol. The molecule has 0 N–H and O–H groups in total. The molecule has 0 spiro atoms. The van der Waals surface area contributed by atoms with E-state index in [0.29, 0.717) is 18.2 Å². The topological polar surface area (TPSA) is 25.2 Å². The Morgan fingerprint density at radius 2 is 2.00 bits per heavy atom. The van der Waals surface area contributed by atoms with E-state index < -0.39 is 0 Å². The van der Waals surface area contributed by atoms with Crippen LogP contribution in [-0.4, -0.2) is 34.9 Å². The number of aryl methyl sites for hydroxylation is 1. The van der Waals surface area contributed by atoms with E-state index in [-0.39, 0.29) is 5.41 Å². The van der Waals surface area contributed by atoms with Gasteiger partial charge in [-0.2, -0.15) is 0 Å². The summed E-state index contributed by atoms with van der Waals surface area (Å²) in [4.78, 5) is 14.7. The Balaban J connectivity index is 2.13. The van der Waals surface area contributed by atoms with E-state index in [1.54, 1.807) is 0 Å². The van der Waals surface area contributed by atoms with Gasteiger partial charge in [0, 0.05) is 36.0 Å². The number of hydrogen-bond donors (Lipinski definition) is 0. The molecule has 0 saturated carbocycles. The molecular formula is C18H30N2O. The number of rotatable bonds is 5. The van der Waals surface area contributed by atoms with Crippen molar-refractivity contribution < 1.29 is 4.79 Å². The van der Waals surface area contributed by atoms with Crippen molar-refractivity contribution in [2.24, 2.45) is 5.41 Å². The third-order valence-electron chi connectivity index (χ3n) is 4.78. The maximum atomic E-state index is 12.3. The Morgan fingerprint density at radius 1 is 1.33 bits per heavy atom.